The third-order valence-electron chi connectivity index (χ3n) is 3.60. The number of amides is 1. The normalized spacial score (nSPS) is 11.3. The van der Waals surface area contributed by atoms with E-state index in [1.165, 1.54) is 0 Å². The summed E-state index contributed by atoms with van der Waals surface area (Å²) >= 11 is 0. The molecule has 0 spiro atoms. The molecule has 136 valence electrons. The van der Waals surface area contributed by atoms with Gasteiger partial charge >= 0.3 is 5.97 Å². The Morgan fingerprint density at radius 2 is 1.65 bits per heavy atom. The molecule has 0 atom stereocenters. The number of aromatic nitrogens is 1. The number of carboxylic acids is 1. The molecule has 1 aromatic heterocycles. The monoisotopic (exact) mass is 354 g/mol. The van der Waals surface area contributed by atoms with Crippen molar-refractivity contribution in [2.75, 3.05) is 6.54 Å². The van der Waals surface area contributed by atoms with Crippen molar-refractivity contribution in [3.63, 3.8) is 0 Å². The molecule has 6 heteroatoms. The number of nitrogens with zero attached hydrogens (tertiary/aromatic N) is 1. The van der Waals surface area contributed by atoms with E-state index in [-0.39, 0.29) is 18.9 Å². The molecule has 0 saturated heterocycles. The number of hydrogen-bond donors (Lipinski definition) is 2. The van der Waals surface area contributed by atoms with Crippen LogP contribution in [0, 0.1) is 0 Å². The predicted molar refractivity (Wildman–Crippen MR) is 99.6 cm³/mol. The minimum Gasteiger partial charge on any atom is -0.481 e. The number of aliphatic carboxylic acids is 1. The summed E-state index contributed by atoms with van der Waals surface area (Å²) in [5, 5.41) is 11.2. The highest BCUT2D eigenvalue weighted by atomic mass is 16.5. The molecule has 0 saturated carbocycles. The van der Waals surface area contributed by atoms with Crippen LogP contribution < -0.4 is 10.1 Å². The van der Waals surface area contributed by atoms with E-state index in [1.807, 2.05) is 36.4 Å². The van der Waals surface area contributed by atoms with E-state index >= 15 is 0 Å². The lowest BCUT2D eigenvalue weighted by atomic mass is 10.1. The summed E-state index contributed by atoms with van der Waals surface area (Å²) in [7, 11) is 0. The maximum atomic E-state index is 12.1. The second kappa shape index (κ2) is 8.80. The number of benzene rings is 1. The minimum absolute atomic E-state index is 0.0691. The molecule has 2 rings (SSSR count). The first-order chi connectivity index (χ1) is 12.4. The third kappa shape index (κ3) is 6.05. The van der Waals surface area contributed by atoms with Crippen LogP contribution in [0.5, 0.6) is 5.75 Å². The molecule has 0 unspecified atom stereocenters. The van der Waals surface area contributed by atoms with Gasteiger partial charge in [-0.05, 0) is 49.2 Å². The Morgan fingerprint density at radius 1 is 1.08 bits per heavy atom. The van der Waals surface area contributed by atoms with Gasteiger partial charge in [0.2, 0.25) is 0 Å². The van der Waals surface area contributed by atoms with Gasteiger partial charge in [-0.3, -0.25) is 14.6 Å². The van der Waals surface area contributed by atoms with Gasteiger partial charge in [0.25, 0.3) is 5.91 Å². The standard InChI is InChI=1S/C20H22N2O4/c1-20(2,19(25)22-14-11-18(23)24)26-17-7-5-15(6-8-17)3-4-16-9-12-21-13-10-16/h3-10,12-13H,11,14H2,1-2H3,(H,22,25)(H,23,24)/b4-3+. The lowest BCUT2D eigenvalue weighted by molar-refractivity contribution is -0.137. The minimum atomic E-state index is -1.10. The Labute approximate surface area is 152 Å². The Hall–Kier alpha value is -3.15. The first-order valence-corrected chi connectivity index (χ1v) is 8.24. The molecule has 0 radical (unpaired) electrons. The summed E-state index contributed by atoms with van der Waals surface area (Å²) in [6, 6.07) is 11.2. The van der Waals surface area contributed by atoms with Gasteiger partial charge in [0.1, 0.15) is 5.75 Å². The van der Waals surface area contributed by atoms with Crippen molar-refractivity contribution < 1.29 is 19.4 Å². The molecule has 0 aliphatic rings. The number of carboxylic acid groups (broad SMARTS) is 1. The summed E-state index contributed by atoms with van der Waals surface area (Å²) in [6.45, 7) is 3.35. The summed E-state index contributed by atoms with van der Waals surface area (Å²) in [5.74, 6) is -0.760. The van der Waals surface area contributed by atoms with E-state index in [9.17, 15) is 9.59 Å². The van der Waals surface area contributed by atoms with Crippen LogP contribution in [0.4, 0.5) is 0 Å². The van der Waals surface area contributed by atoms with Crippen LogP contribution in [0.3, 0.4) is 0 Å². The summed E-state index contributed by atoms with van der Waals surface area (Å²) in [5.41, 5.74) is 0.949. The van der Waals surface area contributed by atoms with Crippen LogP contribution in [-0.4, -0.2) is 34.1 Å². The van der Waals surface area contributed by atoms with Gasteiger partial charge in [0.05, 0.1) is 6.42 Å². The largest absolute Gasteiger partial charge is 0.481 e. The topological polar surface area (TPSA) is 88.5 Å². The molecule has 0 aliphatic heterocycles. The quantitative estimate of drug-likeness (QED) is 0.761. The van der Waals surface area contributed by atoms with E-state index in [4.69, 9.17) is 9.84 Å². The SMILES string of the molecule is CC(C)(Oc1ccc(/C=C/c2ccncc2)cc1)C(=O)NCCC(=O)O. The molecule has 26 heavy (non-hydrogen) atoms. The first kappa shape index (κ1) is 19.2. The van der Waals surface area contributed by atoms with Crippen molar-refractivity contribution in [3.05, 3.63) is 59.9 Å². The smallest absolute Gasteiger partial charge is 0.305 e. The maximum Gasteiger partial charge on any atom is 0.305 e. The summed E-state index contributed by atoms with van der Waals surface area (Å²) < 4.78 is 5.75. The molecule has 1 amide bonds. The predicted octanol–water partition coefficient (Wildman–Crippen LogP) is 3.00. The second-order valence-electron chi connectivity index (χ2n) is 6.19. The van der Waals surface area contributed by atoms with Crippen molar-refractivity contribution in [3.8, 4) is 5.75 Å². The summed E-state index contributed by atoms with van der Waals surface area (Å²) in [6.07, 6.45) is 7.31. The zero-order valence-corrected chi connectivity index (χ0v) is 14.8. The van der Waals surface area contributed by atoms with E-state index < -0.39 is 11.6 Å². The van der Waals surface area contributed by atoms with E-state index in [2.05, 4.69) is 10.3 Å². The lowest BCUT2D eigenvalue weighted by Gasteiger charge is -2.25. The van der Waals surface area contributed by atoms with Crippen LogP contribution in [-0.2, 0) is 9.59 Å². The molecule has 2 aromatic rings. The van der Waals surface area contributed by atoms with Gasteiger partial charge in [-0.2, -0.15) is 0 Å². The van der Waals surface area contributed by atoms with E-state index in [1.54, 1.807) is 38.4 Å². The Bertz CT molecular complexity index is 768. The van der Waals surface area contributed by atoms with Crippen molar-refractivity contribution in [2.24, 2.45) is 0 Å². The Balaban J connectivity index is 1.94. The number of rotatable bonds is 8. The highest BCUT2D eigenvalue weighted by molar-refractivity contribution is 5.85. The van der Waals surface area contributed by atoms with Crippen molar-refractivity contribution >= 4 is 24.0 Å². The molecule has 1 heterocycles. The van der Waals surface area contributed by atoms with E-state index in [0.717, 1.165) is 11.1 Å². The zero-order chi connectivity index (χ0) is 19.0. The molecular weight excluding hydrogens is 332 g/mol. The maximum absolute atomic E-state index is 12.1. The van der Waals surface area contributed by atoms with Crippen LogP contribution in [0.1, 0.15) is 31.4 Å². The highest BCUT2D eigenvalue weighted by Gasteiger charge is 2.29. The fourth-order valence-electron chi connectivity index (χ4n) is 2.15. The summed E-state index contributed by atoms with van der Waals surface area (Å²) in [4.78, 5) is 26.6. The number of hydrogen-bond acceptors (Lipinski definition) is 4. The van der Waals surface area contributed by atoms with Gasteiger partial charge in [0, 0.05) is 18.9 Å². The third-order valence-corrected chi connectivity index (χ3v) is 3.60. The van der Waals surface area contributed by atoms with E-state index in [0.29, 0.717) is 5.75 Å². The molecule has 0 aliphatic carbocycles. The van der Waals surface area contributed by atoms with Gasteiger partial charge in [-0.15, -0.1) is 0 Å². The fourth-order valence-corrected chi connectivity index (χ4v) is 2.15. The second-order valence-corrected chi connectivity index (χ2v) is 6.19. The average Bonchev–Trinajstić information content (AvgIpc) is 2.61. The molecule has 1 aromatic carbocycles. The van der Waals surface area contributed by atoms with Crippen molar-refractivity contribution in [1.82, 2.24) is 10.3 Å². The van der Waals surface area contributed by atoms with Gasteiger partial charge in [-0.1, -0.05) is 24.3 Å². The number of nitrogens with one attached hydrogen (secondary N) is 1. The highest BCUT2D eigenvalue weighted by Crippen LogP contribution is 2.20. The van der Waals surface area contributed by atoms with Crippen LogP contribution >= 0.6 is 0 Å². The molecule has 0 bridgehead atoms. The fraction of sp³-hybridized carbons (Fsp3) is 0.250. The lowest BCUT2D eigenvalue weighted by Crippen LogP contribution is -2.47. The number of carbonyl (C=O) groups is 2. The van der Waals surface area contributed by atoms with Crippen LogP contribution in [0.2, 0.25) is 0 Å². The number of pyridine rings is 1. The number of ether oxygens (including phenoxy) is 1. The first-order valence-electron chi connectivity index (χ1n) is 8.24. The van der Waals surface area contributed by atoms with Crippen molar-refractivity contribution in [1.29, 1.82) is 0 Å². The van der Waals surface area contributed by atoms with Gasteiger partial charge in [0.15, 0.2) is 5.60 Å². The van der Waals surface area contributed by atoms with Gasteiger partial charge < -0.3 is 15.2 Å². The van der Waals surface area contributed by atoms with Crippen LogP contribution in [0.15, 0.2) is 48.8 Å². The molecular formula is C20H22N2O4. The molecule has 6 nitrogen and oxygen atoms in total. The molecule has 2 N–H and O–H groups in total. The zero-order valence-electron chi connectivity index (χ0n) is 14.8. The Morgan fingerprint density at radius 3 is 2.23 bits per heavy atom. The Kier molecular flexibility index (Phi) is 6.49. The molecule has 0 fully saturated rings. The average molecular weight is 354 g/mol. The van der Waals surface area contributed by atoms with Gasteiger partial charge in [-0.25, -0.2) is 0 Å². The van der Waals surface area contributed by atoms with Crippen molar-refractivity contribution in [2.45, 2.75) is 25.9 Å². The number of carbonyl (C=O) groups excluding carboxylic acids is 1. The van der Waals surface area contributed by atoms with Crippen LogP contribution in [0.25, 0.3) is 12.2 Å².